The summed E-state index contributed by atoms with van der Waals surface area (Å²) in [6, 6.07) is 14.9. The first kappa shape index (κ1) is 25.3. The number of aliphatic hydroxyl groups is 1. The molecule has 0 unspecified atom stereocenters. The van der Waals surface area contributed by atoms with Crippen molar-refractivity contribution in [3.63, 3.8) is 0 Å². The summed E-state index contributed by atoms with van der Waals surface area (Å²) in [5, 5.41) is 11.8. The van der Waals surface area contributed by atoms with Gasteiger partial charge in [-0.25, -0.2) is 4.98 Å². The zero-order valence-electron chi connectivity index (χ0n) is 21.6. The Morgan fingerprint density at radius 3 is 2.42 bits per heavy atom. The van der Waals surface area contributed by atoms with E-state index in [4.69, 9.17) is 19.2 Å². The van der Waals surface area contributed by atoms with E-state index in [1.54, 1.807) is 42.5 Å². The Labute approximate surface area is 223 Å². The Morgan fingerprint density at radius 2 is 1.71 bits per heavy atom. The van der Waals surface area contributed by atoms with Crippen LogP contribution in [0, 0.1) is 13.8 Å². The quantitative estimate of drug-likeness (QED) is 0.198. The smallest absolute Gasteiger partial charge is 0.301 e. The molecule has 1 aliphatic heterocycles. The largest absolute Gasteiger partial charge is 0.507 e. The van der Waals surface area contributed by atoms with Gasteiger partial charge in [0.25, 0.3) is 5.78 Å². The number of aromatic nitrogens is 1. The number of methoxy groups -OCH3 is 3. The average Bonchev–Trinajstić information content (AvgIpc) is 3.46. The fourth-order valence-corrected chi connectivity index (χ4v) is 5.92. The van der Waals surface area contributed by atoms with E-state index in [-0.39, 0.29) is 11.3 Å². The fraction of sp³-hybridized carbons (Fsp3) is 0.207. The standard InChI is InChI=1S/C29H26N2O6S/c1-15-11-16(2)24-22(12-15)38-29(30-24)31-25(17-9-10-20(36-4)21(14-17)37-5)23(27(33)28(31)34)26(32)18-7-6-8-19(13-18)35-3/h6-14,25,32H,1-5H3/t25-/m0/s1. The van der Waals surface area contributed by atoms with Crippen molar-refractivity contribution in [2.45, 2.75) is 19.9 Å². The van der Waals surface area contributed by atoms with Crippen molar-refractivity contribution in [2.75, 3.05) is 26.2 Å². The van der Waals surface area contributed by atoms with Gasteiger partial charge in [-0.15, -0.1) is 0 Å². The van der Waals surface area contributed by atoms with Gasteiger partial charge in [0.15, 0.2) is 16.6 Å². The lowest BCUT2D eigenvalue weighted by Gasteiger charge is -2.23. The average molecular weight is 531 g/mol. The van der Waals surface area contributed by atoms with Crippen molar-refractivity contribution in [1.29, 1.82) is 0 Å². The maximum absolute atomic E-state index is 13.6. The summed E-state index contributed by atoms with van der Waals surface area (Å²) in [6.45, 7) is 3.96. The van der Waals surface area contributed by atoms with E-state index in [0.717, 1.165) is 21.3 Å². The van der Waals surface area contributed by atoms with Gasteiger partial charge >= 0.3 is 5.91 Å². The third-order valence-corrected chi connectivity index (χ3v) is 7.54. The molecular formula is C29H26N2O6S. The Balaban J connectivity index is 1.76. The lowest BCUT2D eigenvalue weighted by atomic mass is 9.95. The molecule has 38 heavy (non-hydrogen) atoms. The monoisotopic (exact) mass is 530 g/mol. The van der Waals surface area contributed by atoms with E-state index >= 15 is 0 Å². The fourth-order valence-electron chi connectivity index (χ4n) is 4.76. The highest BCUT2D eigenvalue weighted by Gasteiger charge is 2.48. The van der Waals surface area contributed by atoms with Crippen LogP contribution in [0.5, 0.6) is 17.2 Å². The Bertz CT molecular complexity index is 1620. The number of carbonyl (C=O) groups is 2. The van der Waals surface area contributed by atoms with Crippen LogP contribution in [0.4, 0.5) is 5.13 Å². The second kappa shape index (κ2) is 9.83. The Hall–Kier alpha value is -4.37. The number of thiazole rings is 1. The summed E-state index contributed by atoms with van der Waals surface area (Å²) in [7, 11) is 4.55. The molecule has 5 rings (SSSR count). The van der Waals surface area contributed by atoms with Crippen LogP contribution in [0.2, 0.25) is 0 Å². The highest BCUT2D eigenvalue weighted by Crippen LogP contribution is 2.46. The summed E-state index contributed by atoms with van der Waals surface area (Å²) in [6.07, 6.45) is 0. The molecule has 2 heterocycles. The predicted molar refractivity (Wildman–Crippen MR) is 146 cm³/mol. The second-order valence-corrected chi connectivity index (χ2v) is 9.95. The molecule has 0 saturated carbocycles. The molecule has 8 nitrogen and oxygen atoms in total. The molecule has 1 atom stereocenters. The number of aryl methyl sites for hydroxylation is 2. The molecular weight excluding hydrogens is 504 g/mol. The molecule has 194 valence electrons. The molecule has 9 heteroatoms. The first-order valence-electron chi connectivity index (χ1n) is 11.8. The first-order chi connectivity index (χ1) is 18.3. The van der Waals surface area contributed by atoms with Crippen LogP contribution in [-0.4, -0.2) is 43.1 Å². The number of fused-ring (bicyclic) bond motifs is 1. The van der Waals surface area contributed by atoms with Crippen molar-refractivity contribution >= 4 is 44.1 Å². The van der Waals surface area contributed by atoms with Crippen LogP contribution in [0.3, 0.4) is 0 Å². The number of Topliss-reactive ketones (excluding diaryl/α,β-unsaturated/α-hetero) is 1. The molecule has 1 N–H and O–H groups in total. The molecule has 1 fully saturated rings. The minimum absolute atomic E-state index is 0.0531. The van der Waals surface area contributed by atoms with Gasteiger partial charge in [0.05, 0.1) is 43.2 Å². The second-order valence-electron chi connectivity index (χ2n) is 8.94. The molecule has 1 aliphatic rings. The molecule has 1 amide bonds. The summed E-state index contributed by atoms with van der Waals surface area (Å²) >= 11 is 1.32. The van der Waals surface area contributed by atoms with Gasteiger partial charge in [0.1, 0.15) is 11.5 Å². The molecule has 0 radical (unpaired) electrons. The lowest BCUT2D eigenvalue weighted by Crippen LogP contribution is -2.29. The minimum atomic E-state index is -0.956. The van der Waals surface area contributed by atoms with E-state index in [0.29, 0.717) is 33.5 Å². The van der Waals surface area contributed by atoms with E-state index < -0.39 is 17.7 Å². The van der Waals surface area contributed by atoms with Crippen molar-refractivity contribution in [3.05, 3.63) is 82.4 Å². The highest BCUT2D eigenvalue weighted by molar-refractivity contribution is 7.22. The summed E-state index contributed by atoms with van der Waals surface area (Å²) in [4.78, 5) is 33.2. The number of anilines is 1. The van der Waals surface area contributed by atoms with Gasteiger partial charge < -0.3 is 19.3 Å². The number of benzene rings is 3. The van der Waals surface area contributed by atoms with Crippen molar-refractivity contribution in [1.82, 2.24) is 4.98 Å². The van der Waals surface area contributed by atoms with E-state index in [1.165, 1.54) is 37.6 Å². The van der Waals surface area contributed by atoms with Gasteiger partial charge in [-0.2, -0.15) is 0 Å². The first-order valence-corrected chi connectivity index (χ1v) is 12.6. The van der Waals surface area contributed by atoms with Gasteiger partial charge in [-0.1, -0.05) is 35.6 Å². The highest BCUT2D eigenvalue weighted by atomic mass is 32.1. The number of ketones is 1. The van der Waals surface area contributed by atoms with Gasteiger partial charge in [-0.05, 0) is 60.9 Å². The third kappa shape index (κ3) is 4.14. The topological polar surface area (TPSA) is 98.2 Å². The maximum atomic E-state index is 13.6. The zero-order valence-corrected chi connectivity index (χ0v) is 22.4. The van der Waals surface area contributed by atoms with Crippen molar-refractivity contribution in [3.8, 4) is 17.2 Å². The van der Waals surface area contributed by atoms with E-state index in [1.807, 2.05) is 26.0 Å². The maximum Gasteiger partial charge on any atom is 0.301 e. The number of amides is 1. The van der Waals surface area contributed by atoms with Crippen LogP contribution >= 0.6 is 11.3 Å². The van der Waals surface area contributed by atoms with Crippen LogP contribution in [-0.2, 0) is 9.59 Å². The number of aliphatic hydroxyl groups excluding tert-OH is 1. The Kier molecular flexibility index (Phi) is 6.54. The number of carbonyl (C=O) groups excluding carboxylic acids is 2. The molecule has 0 bridgehead atoms. The van der Waals surface area contributed by atoms with Crippen LogP contribution in [0.15, 0.2) is 60.2 Å². The zero-order chi connectivity index (χ0) is 27.1. The number of hydrogen-bond acceptors (Lipinski definition) is 8. The van der Waals surface area contributed by atoms with Gasteiger partial charge in [0, 0.05) is 5.56 Å². The molecule has 1 saturated heterocycles. The SMILES string of the molecule is COc1cccc(C(O)=C2C(=O)C(=O)N(c3nc4c(C)cc(C)cc4s3)[C@H]2c2ccc(OC)c(OC)c2)c1. The molecule has 0 spiro atoms. The Morgan fingerprint density at radius 1 is 0.947 bits per heavy atom. The summed E-state index contributed by atoms with van der Waals surface area (Å²) in [5.74, 6) is -0.472. The van der Waals surface area contributed by atoms with Gasteiger partial charge in [0.2, 0.25) is 0 Å². The minimum Gasteiger partial charge on any atom is -0.507 e. The normalized spacial score (nSPS) is 16.8. The molecule has 3 aromatic carbocycles. The summed E-state index contributed by atoms with van der Waals surface area (Å²) in [5.41, 5.74) is 3.65. The lowest BCUT2D eigenvalue weighted by molar-refractivity contribution is -0.132. The molecule has 0 aliphatic carbocycles. The third-order valence-electron chi connectivity index (χ3n) is 6.54. The van der Waals surface area contributed by atoms with Crippen molar-refractivity contribution < 1.29 is 28.9 Å². The molecule has 1 aromatic heterocycles. The molecule has 4 aromatic rings. The predicted octanol–water partition coefficient (Wildman–Crippen LogP) is 5.57. The number of rotatable bonds is 6. The van der Waals surface area contributed by atoms with Crippen LogP contribution in [0.25, 0.3) is 16.0 Å². The number of hydrogen-bond donors (Lipinski definition) is 1. The van der Waals surface area contributed by atoms with Crippen molar-refractivity contribution in [2.24, 2.45) is 0 Å². The van der Waals surface area contributed by atoms with Gasteiger partial charge in [-0.3, -0.25) is 14.5 Å². The number of nitrogens with zero attached hydrogens (tertiary/aromatic N) is 2. The van der Waals surface area contributed by atoms with E-state index in [2.05, 4.69) is 0 Å². The van der Waals surface area contributed by atoms with Crippen LogP contribution in [0.1, 0.15) is 28.3 Å². The van der Waals surface area contributed by atoms with Crippen LogP contribution < -0.4 is 19.1 Å². The summed E-state index contributed by atoms with van der Waals surface area (Å²) < 4.78 is 17.1. The number of ether oxygens (including phenoxy) is 3. The van der Waals surface area contributed by atoms with E-state index in [9.17, 15) is 14.7 Å².